The molecule has 4 nitrogen and oxygen atoms in total. The summed E-state index contributed by atoms with van der Waals surface area (Å²) in [5, 5.41) is 9.78. The van der Waals surface area contributed by atoms with Crippen LogP contribution < -0.4 is 4.90 Å². The topological polar surface area (TPSA) is 53.4 Å². The molecular weight excluding hydrogens is 224 g/mol. The number of aryl methyl sites for hydroxylation is 1. The van der Waals surface area contributed by atoms with Gasteiger partial charge in [-0.05, 0) is 19.8 Å². The van der Waals surface area contributed by atoms with Crippen molar-refractivity contribution >= 4 is 22.4 Å². The number of hydrogen-bond acceptors (Lipinski definition) is 4. The van der Waals surface area contributed by atoms with Crippen LogP contribution in [0.1, 0.15) is 42.1 Å². The first-order chi connectivity index (χ1) is 7.60. The Balaban J connectivity index is 2.92. The molecule has 0 aliphatic rings. The van der Waals surface area contributed by atoms with E-state index in [1.54, 1.807) is 6.92 Å². The fraction of sp³-hybridized carbons (Fsp3) is 0.636. The van der Waals surface area contributed by atoms with E-state index in [4.69, 9.17) is 5.11 Å². The lowest BCUT2D eigenvalue weighted by atomic mass is 10.4. The molecule has 0 aliphatic carbocycles. The van der Waals surface area contributed by atoms with Crippen molar-refractivity contribution < 1.29 is 9.90 Å². The quantitative estimate of drug-likeness (QED) is 0.833. The van der Waals surface area contributed by atoms with Crippen molar-refractivity contribution in [3.05, 3.63) is 10.6 Å². The first-order valence-corrected chi connectivity index (χ1v) is 6.37. The number of aromatic nitrogens is 1. The van der Waals surface area contributed by atoms with E-state index in [1.807, 2.05) is 0 Å². The third-order valence-corrected chi connectivity index (χ3v) is 3.28. The van der Waals surface area contributed by atoms with Gasteiger partial charge in [-0.1, -0.05) is 13.8 Å². The van der Waals surface area contributed by atoms with Crippen molar-refractivity contribution in [2.75, 3.05) is 18.0 Å². The molecule has 0 bridgehead atoms. The Morgan fingerprint density at radius 2 is 1.94 bits per heavy atom. The zero-order valence-electron chi connectivity index (χ0n) is 9.99. The maximum atomic E-state index is 10.9. The van der Waals surface area contributed by atoms with Crippen molar-refractivity contribution in [1.29, 1.82) is 0 Å². The third kappa shape index (κ3) is 2.95. The smallest absolute Gasteiger partial charge is 0.355 e. The van der Waals surface area contributed by atoms with E-state index in [9.17, 15) is 4.79 Å². The molecule has 0 atom stereocenters. The second-order valence-corrected chi connectivity index (χ2v) is 4.88. The average molecular weight is 242 g/mol. The summed E-state index contributed by atoms with van der Waals surface area (Å²) in [6.45, 7) is 7.89. The van der Waals surface area contributed by atoms with Crippen LogP contribution in [0.4, 0.5) is 5.13 Å². The molecule has 0 fully saturated rings. The lowest BCUT2D eigenvalue weighted by Crippen LogP contribution is -2.24. The second kappa shape index (κ2) is 5.84. The van der Waals surface area contributed by atoms with E-state index in [2.05, 4.69) is 23.7 Å². The molecule has 0 amide bonds. The average Bonchev–Trinajstić information content (AvgIpc) is 2.60. The van der Waals surface area contributed by atoms with Crippen molar-refractivity contribution in [1.82, 2.24) is 4.98 Å². The van der Waals surface area contributed by atoms with Crippen molar-refractivity contribution in [3.63, 3.8) is 0 Å². The van der Waals surface area contributed by atoms with Crippen LogP contribution in [0.2, 0.25) is 0 Å². The molecule has 0 saturated heterocycles. The highest BCUT2D eigenvalue weighted by atomic mass is 32.1. The SMILES string of the molecule is CCCN(CCC)c1nc(C(=O)O)c(C)s1. The van der Waals surface area contributed by atoms with Crippen LogP contribution in [0.5, 0.6) is 0 Å². The summed E-state index contributed by atoms with van der Waals surface area (Å²) in [4.78, 5) is 18.0. The van der Waals surface area contributed by atoms with Crippen LogP contribution >= 0.6 is 11.3 Å². The standard InChI is InChI=1S/C11H18N2O2S/c1-4-6-13(7-5-2)11-12-9(10(14)15)8(3)16-11/h4-7H2,1-3H3,(H,14,15). The van der Waals surface area contributed by atoms with Crippen LogP contribution in [0.25, 0.3) is 0 Å². The molecule has 0 saturated carbocycles. The monoisotopic (exact) mass is 242 g/mol. The Bertz CT molecular complexity index is 357. The van der Waals surface area contributed by atoms with Gasteiger partial charge in [0.1, 0.15) is 0 Å². The largest absolute Gasteiger partial charge is 0.476 e. The normalized spacial score (nSPS) is 10.4. The number of carboxylic acids is 1. The molecule has 0 spiro atoms. The number of rotatable bonds is 6. The number of nitrogens with zero attached hydrogens (tertiary/aromatic N) is 2. The summed E-state index contributed by atoms with van der Waals surface area (Å²) >= 11 is 1.46. The van der Waals surface area contributed by atoms with Gasteiger partial charge in [0, 0.05) is 18.0 Å². The lowest BCUT2D eigenvalue weighted by molar-refractivity contribution is 0.0690. The molecule has 90 valence electrons. The fourth-order valence-electron chi connectivity index (χ4n) is 1.56. The second-order valence-electron chi connectivity index (χ2n) is 3.69. The van der Waals surface area contributed by atoms with E-state index >= 15 is 0 Å². The minimum Gasteiger partial charge on any atom is -0.476 e. The number of anilines is 1. The van der Waals surface area contributed by atoms with E-state index < -0.39 is 5.97 Å². The van der Waals surface area contributed by atoms with Crippen molar-refractivity contribution in [2.45, 2.75) is 33.6 Å². The molecule has 0 radical (unpaired) electrons. The first kappa shape index (κ1) is 13.0. The molecule has 1 heterocycles. The third-order valence-electron chi connectivity index (χ3n) is 2.25. The highest BCUT2D eigenvalue weighted by Crippen LogP contribution is 2.26. The number of carboxylic acid groups (broad SMARTS) is 1. The van der Waals surface area contributed by atoms with Gasteiger partial charge in [-0.3, -0.25) is 0 Å². The van der Waals surface area contributed by atoms with Gasteiger partial charge in [0.15, 0.2) is 10.8 Å². The van der Waals surface area contributed by atoms with E-state index in [-0.39, 0.29) is 5.69 Å². The number of thiazole rings is 1. The van der Waals surface area contributed by atoms with Crippen LogP contribution in [-0.2, 0) is 0 Å². The van der Waals surface area contributed by atoms with E-state index in [0.717, 1.165) is 35.9 Å². The van der Waals surface area contributed by atoms with Crippen LogP contribution in [-0.4, -0.2) is 29.1 Å². The highest BCUT2D eigenvalue weighted by Gasteiger charge is 2.17. The molecular formula is C11H18N2O2S. The van der Waals surface area contributed by atoms with Gasteiger partial charge in [0.25, 0.3) is 0 Å². The van der Waals surface area contributed by atoms with Gasteiger partial charge >= 0.3 is 5.97 Å². The van der Waals surface area contributed by atoms with Crippen LogP contribution in [0.3, 0.4) is 0 Å². The summed E-state index contributed by atoms with van der Waals surface area (Å²) in [6, 6.07) is 0. The molecule has 0 aliphatic heterocycles. The zero-order chi connectivity index (χ0) is 12.1. The molecule has 1 rings (SSSR count). The summed E-state index contributed by atoms with van der Waals surface area (Å²) < 4.78 is 0. The summed E-state index contributed by atoms with van der Waals surface area (Å²) in [5.41, 5.74) is 0.192. The predicted molar refractivity (Wildman–Crippen MR) is 66.6 cm³/mol. The zero-order valence-corrected chi connectivity index (χ0v) is 10.8. The number of hydrogen-bond donors (Lipinski definition) is 1. The van der Waals surface area contributed by atoms with Gasteiger partial charge in [-0.15, -0.1) is 11.3 Å². The van der Waals surface area contributed by atoms with Gasteiger partial charge in [0.05, 0.1) is 0 Å². The molecule has 1 N–H and O–H groups in total. The van der Waals surface area contributed by atoms with Gasteiger partial charge < -0.3 is 10.0 Å². The van der Waals surface area contributed by atoms with Crippen LogP contribution in [0.15, 0.2) is 0 Å². The molecule has 0 aromatic carbocycles. The van der Waals surface area contributed by atoms with E-state index in [1.165, 1.54) is 11.3 Å². The van der Waals surface area contributed by atoms with Crippen LogP contribution in [0, 0.1) is 6.92 Å². The molecule has 1 aromatic heterocycles. The van der Waals surface area contributed by atoms with E-state index in [0.29, 0.717) is 0 Å². The van der Waals surface area contributed by atoms with Crippen molar-refractivity contribution in [2.24, 2.45) is 0 Å². The fourth-order valence-corrected chi connectivity index (χ4v) is 2.51. The Hall–Kier alpha value is -1.10. The summed E-state index contributed by atoms with van der Waals surface area (Å²) in [7, 11) is 0. The molecule has 0 unspecified atom stereocenters. The lowest BCUT2D eigenvalue weighted by Gasteiger charge is -2.19. The van der Waals surface area contributed by atoms with Gasteiger partial charge in [-0.2, -0.15) is 0 Å². The maximum absolute atomic E-state index is 10.9. The Morgan fingerprint density at radius 1 is 1.38 bits per heavy atom. The Morgan fingerprint density at radius 3 is 2.31 bits per heavy atom. The Labute approximate surface area is 99.9 Å². The van der Waals surface area contributed by atoms with Gasteiger partial charge in [-0.25, -0.2) is 9.78 Å². The maximum Gasteiger partial charge on any atom is 0.355 e. The minimum absolute atomic E-state index is 0.192. The predicted octanol–water partition coefficient (Wildman–Crippen LogP) is 2.78. The van der Waals surface area contributed by atoms with Gasteiger partial charge in [0.2, 0.25) is 0 Å². The first-order valence-electron chi connectivity index (χ1n) is 5.55. The Kier molecular flexibility index (Phi) is 4.73. The molecule has 16 heavy (non-hydrogen) atoms. The molecule has 1 aromatic rings. The highest BCUT2D eigenvalue weighted by molar-refractivity contribution is 7.15. The van der Waals surface area contributed by atoms with Crippen molar-refractivity contribution in [3.8, 4) is 0 Å². The number of aromatic carboxylic acids is 1. The summed E-state index contributed by atoms with van der Waals surface area (Å²) in [5.74, 6) is -0.937. The summed E-state index contributed by atoms with van der Waals surface area (Å²) in [6.07, 6.45) is 2.09. The number of carbonyl (C=O) groups is 1. The molecule has 5 heteroatoms. The minimum atomic E-state index is -0.937.